The normalized spacial score (nSPS) is 27.4. The molecule has 0 aromatic heterocycles. The first-order valence-corrected chi connectivity index (χ1v) is 12.0. The van der Waals surface area contributed by atoms with Crippen LogP contribution >= 0.6 is 0 Å². The van der Waals surface area contributed by atoms with Crippen molar-refractivity contribution < 1.29 is 8.42 Å². The van der Waals surface area contributed by atoms with Gasteiger partial charge < -0.3 is 11.1 Å². The highest BCUT2D eigenvalue weighted by molar-refractivity contribution is 7.92. The van der Waals surface area contributed by atoms with E-state index in [1.54, 1.807) is 6.07 Å². The average molecular weight is 400 g/mol. The second-order valence-electron chi connectivity index (χ2n) is 8.27. The zero-order valence-electron chi connectivity index (χ0n) is 16.3. The van der Waals surface area contributed by atoms with Gasteiger partial charge in [0.25, 0.3) is 0 Å². The van der Waals surface area contributed by atoms with Crippen molar-refractivity contribution in [3.8, 4) is 11.1 Å². The fourth-order valence-electron chi connectivity index (χ4n) is 4.27. The summed E-state index contributed by atoms with van der Waals surface area (Å²) in [6.07, 6.45) is 7.00. The molecular weight excluding hydrogens is 370 g/mol. The summed E-state index contributed by atoms with van der Waals surface area (Å²) in [6.45, 7) is 0. The molecule has 2 atom stereocenters. The summed E-state index contributed by atoms with van der Waals surface area (Å²) in [5.41, 5.74) is 9.87. The van der Waals surface area contributed by atoms with Crippen LogP contribution in [0.3, 0.4) is 0 Å². The lowest BCUT2D eigenvalue weighted by molar-refractivity contribution is 0.339. The first-order chi connectivity index (χ1) is 13.4. The van der Waals surface area contributed by atoms with Gasteiger partial charge in [-0.1, -0.05) is 42.5 Å². The third-order valence-corrected chi connectivity index (χ3v) is 6.48. The Bertz CT molecular complexity index is 919. The van der Waals surface area contributed by atoms with Gasteiger partial charge in [0, 0.05) is 29.6 Å². The van der Waals surface area contributed by atoms with Gasteiger partial charge >= 0.3 is 0 Å². The van der Waals surface area contributed by atoms with Crippen molar-refractivity contribution >= 4 is 15.7 Å². The predicted octanol–water partition coefficient (Wildman–Crippen LogP) is 3.44. The van der Waals surface area contributed by atoms with E-state index in [0.29, 0.717) is 29.7 Å². The SMILES string of the molecule is CS(=O)(=O)Nc1ccccc1-c1ccc(C2CC2NC2CCC(N)CC2)cc1. The molecule has 2 aliphatic carbocycles. The maximum Gasteiger partial charge on any atom is 0.229 e. The van der Waals surface area contributed by atoms with Crippen LogP contribution in [0.5, 0.6) is 0 Å². The van der Waals surface area contributed by atoms with Crippen LogP contribution in [-0.2, 0) is 10.0 Å². The third kappa shape index (κ3) is 4.74. The molecule has 0 amide bonds. The molecule has 2 aromatic rings. The van der Waals surface area contributed by atoms with Crippen molar-refractivity contribution in [3.05, 3.63) is 54.1 Å². The molecule has 0 radical (unpaired) electrons. The predicted molar refractivity (Wildman–Crippen MR) is 115 cm³/mol. The Hall–Kier alpha value is -1.89. The van der Waals surface area contributed by atoms with Gasteiger partial charge in [0.1, 0.15) is 0 Å². The van der Waals surface area contributed by atoms with Gasteiger partial charge in [-0.05, 0) is 49.3 Å². The van der Waals surface area contributed by atoms with E-state index in [-0.39, 0.29) is 0 Å². The third-order valence-electron chi connectivity index (χ3n) is 5.88. The molecule has 0 bridgehead atoms. The zero-order valence-corrected chi connectivity index (χ0v) is 17.1. The molecule has 2 fully saturated rings. The van der Waals surface area contributed by atoms with Crippen molar-refractivity contribution in [3.63, 3.8) is 0 Å². The van der Waals surface area contributed by atoms with Crippen LogP contribution in [0.4, 0.5) is 5.69 Å². The number of nitrogens with one attached hydrogen (secondary N) is 2. The zero-order chi connectivity index (χ0) is 19.7. The van der Waals surface area contributed by atoms with Gasteiger partial charge in [0.15, 0.2) is 0 Å². The van der Waals surface area contributed by atoms with E-state index in [0.717, 1.165) is 24.0 Å². The summed E-state index contributed by atoms with van der Waals surface area (Å²) >= 11 is 0. The molecule has 2 aromatic carbocycles. The number of hydrogen-bond donors (Lipinski definition) is 3. The monoisotopic (exact) mass is 399 g/mol. The highest BCUT2D eigenvalue weighted by Gasteiger charge is 2.39. The van der Waals surface area contributed by atoms with Crippen molar-refractivity contribution in [1.29, 1.82) is 0 Å². The Morgan fingerprint density at radius 2 is 1.64 bits per heavy atom. The number of benzene rings is 2. The van der Waals surface area contributed by atoms with Gasteiger partial charge in [0.2, 0.25) is 10.0 Å². The minimum absolute atomic E-state index is 0.389. The van der Waals surface area contributed by atoms with E-state index in [4.69, 9.17) is 5.73 Å². The standard InChI is InChI=1S/C22H29N3O2S/c1-28(26,27)25-21-5-3-2-4-19(21)15-6-8-16(9-7-15)20-14-22(20)24-18-12-10-17(23)11-13-18/h2-9,17-18,20,22,24-25H,10-14,23H2,1H3. The van der Waals surface area contributed by atoms with Gasteiger partial charge in [-0.3, -0.25) is 4.72 Å². The van der Waals surface area contributed by atoms with Crippen molar-refractivity contribution in [1.82, 2.24) is 5.32 Å². The molecule has 0 spiro atoms. The quantitative estimate of drug-likeness (QED) is 0.695. The Kier molecular flexibility index (Phi) is 5.45. The number of nitrogens with two attached hydrogens (primary N) is 1. The molecule has 2 unspecified atom stereocenters. The molecule has 2 aliphatic rings. The number of rotatable bonds is 6. The molecule has 0 aliphatic heterocycles. The molecule has 150 valence electrons. The summed E-state index contributed by atoms with van der Waals surface area (Å²) in [7, 11) is -3.31. The summed E-state index contributed by atoms with van der Waals surface area (Å²) in [4.78, 5) is 0. The smallest absolute Gasteiger partial charge is 0.229 e. The lowest BCUT2D eigenvalue weighted by Gasteiger charge is -2.27. The molecule has 0 saturated heterocycles. The largest absolute Gasteiger partial charge is 0.328 e. The summed E-state index contributed by atoms with van der Waals surface area (Å²) < 4.78 is 25.9. The van der Waals surface area contributed by atoms with Crippen LogP contribution in [0.25, 0.3) is 11.1 Å². The maximum absolute atomic E-state index is 11.6. The number of hydrogen-bond acceptors (Lipinski definition) is 4. The van der Waals surface area contributed by atoms with Crippen LogP contribution < -0.4 is 15.8 Å². The Morgan fingerprint density at radius 1 is 0.964 bits per heavy atom. The highest BCUT2D eigenvalue weighted by Crippen LogP contribution is 2.42. The van der Waals surface area contributed by atoms with Gasteiger partial charge in [0.05, 0.1) is 11.9 Å². The van der Waals surface area contributed by atoms with E-state index < -0.39 is 10.0 Å². The van der Waals surface area contributed by atoms with Crippen LogP contribution in [0, 0.1) is 0 Å². The van der Waals surface area contributed by atoms with E-state index in [1.807, 2.05) is 18.2 Å². The maximum atomic E-state index is 11.6. The molecule has 6 heteroatoms. The number of para-hydroxylation sites is 1. The van der Waals surface area contributed by atoms with Crippen LogP contribution in [-0.4, -0.2) is 32.8 Å². The molecule has 28 heavy (non-hydrogen) atoms. The lowest BCUT2D eigenvalue weighted by atomic mass is 9.92. The topological polar surface area (TPSA) is 84.2 Å². The summed E-state index contributed by atoms with van der Waals surface area (Å²) in [5, 5.41) is 3.81. The van der Waals surface area contributed by atoms with E-state index >= 15 is 0 Å². The molecule has 5 nitrogen and oxygen atoms in total. The molecule has 2 saturated carbocycles. The first kappa shape index (κ1) is 19.4. The Balaban J connectivity index is 1.42. The van der Waals surface area contributed by atoms with Crippen LogP contribution in [0.1, 0.15) is 43.6 Å². The number of sulfonamides is 1. The minimum atomic E-state index is -3.31. The van der Waals surface area contributed by atoms with Crippen molar-refractivity contribution in [2.75, 3.05) is 11.0 Å². The molecule has 0 heterocycles. The fourth-order valence-corrected chi connectivity index (χ4v) is 4.85. The summed E-state index contributed by atoms with van der Waals surface area (Å²) in [6, 6.07) is 17.6. The number of anilines is 1. The van der Waals surface area contributed by atoms with E-state index in [2.05, 4.69) is 34.3 Å². The Morgan fingerprint density at radius 3 is 2.32 bits per heavy atom. The van der Waals surface area contributed by atoms with Crippen molar-refractivity contribution in [2.45, 2.75) is 56.1 Å². The van der Waals surface area contributed by atoms with Crippen molar-refractivity contribution in [2.24, 2.45) is 5.73 Å². The summed E-state index contributed by atoms with van der Waals surface area (Å²) in [5.74, 6) is 0.578. The second kappa shape index (κ2) is 7.85. The van der Waals surface area contributed by atoms with Gasteiger partial charge in [-0.15, -0.1) is 0 Å². The highest BCUT2D eigenvalue weighted by atomic mass is 32.2. The first-order valence-electron chi connectivity index (χ1n) is 10.1. The minimum Gasteiger partial charge on any atom is -0.328 e. The molecule has 4 rings (SSSR count). The molecule has 4 N–H and O–H groups in total. The molecular formula is C22H29N3O2S. The van der Waals surface area contributed by atoms with E-state index in [1.165, 1.54) is 31.1 Å². The van der Waals surface area contributed by atoms with Crippen LogP contribution in [0.2, 0.25) is 0 Å². The second-order valence-corrected chi connectivity index (χ2v) is 10.0. The van der Waals surface area contributed by atoms with E-state index in [9.17, 15) is 8.42 Å². The lowest BCUT2D eigenvalue weighted by Crippen LogP contribution is -2.38. The van der Waals surface area contributed by atoms with Crippen LogP contribution in [0.15, 0.2) is 48.5 Å². The van der Waals surface area contributed by atoms with Gasteiger partial charge in [-0.25, -0.2) is 8.42 Å². The fraction of sp³-hybridized carbons (Fsp3) is 0.455. The van der Waals surface area contributed by atoms with Gasteiger partial charge in [-0.2, -0.15) is 0 Å². The average Bonchev–Trinajstić information content (AvgIpc) is 3.42. The Labute approximate surface area is 167 Å².